The quantitative estimate of drug-likeness (QED) is 0.199. The first-order chi connectivity index (χ1) is 18.8. The van der Waals surface area contributed by atoms with Crippen LogP contribution in [0.2, 0.25) is 0 Å². The van der Waals surface area contributed by atoms with Gasteiger partial charge in [0.05, 0.1) is 12.9 Å². The van der Waals surface area contributed by atoms with Gasteiger partial charge in [0.1, 0.15) is 24.6 Å². The van der Waals surface area contributed by atoms with E-state index < -0.39 is 51.3 Å². The second-order valence-electron chi connectivity index (χ2n) is 9.28. The molecule has 14 nitrogen and oxygen atoms in total. The molecule has 4 N–H and O–H groups in total. The van der Waals surface area contributed by atoms with E-state index in [0.717, 1.165) is 31.2 Å². The Morgan fingerprint density at radius 3 is 2.64 bits per heavy atom. The van der Waals surface area contributed by atoms with Gasteiger partial charge < -0.3 is 29.3 Å². The van der Waals surface area contributed by atoms with E-state index in [2.05, 4.69) is 32.5 Å². The molecular formula is C24H31N6O8P. The van der Waals surface area contributed by atoms with Crippen LogP contribution in [0.25, 0.3) is 11.2 Å². The maximum atomic E-state index is 12.4. The van der Waals surface area contributed by atoms with Gasteiger partial charge in [-0.3, -0.25) is 14.4 Å². The topological polar surface area (TPSA) is 179 Å². The number of nitrogens with zero attached hydrogens (tertiary/aromatic N) is 4. The first kappa shape index (κ1) is 27.6. The fourth-order valence-corrected chi connectivity index (χ4v) is 5.01. The smallest absolute Gasteiger partial charge is 0.347 e. The number of aromatic nitrogens is 4. The number of hydrogen-bond donors (Lipinski definition) is 4. The van der Waals surface area contributed by atoms with E-state index in [-0.39, 0.29) is 5.82 Å². The molecule has 1 aromatic carbocycles. The second-order valence-corrected chi connectivity index (χ2v) is 10.5. The first-order valence-electron chi connectivity index (χ1n) is 12.8. The minimum absolute atomic E-state index is 0.228. The molecule has 0 radical (unpaired) electrons. The Morgan fingerprint density at radius 1 is 1.08 bits per heavy atom. The number of unbranched alkanes of at least 4 members (excludes halogenated alkanes) is 3. The Hall–Kier alpha value is -2.97. The van der Waals surface area contributed by atoms with E-state index in [0.29, 0.717) is 17.7 Å². The van der Waals surface area contributed by atoms with Gasteiger partial charge in [-0.05, 0) is 6.42 Å². The minimum atomic E-state index is -4.74. The maximum absolute atomic E-state index is 12.4. The lowest BCUT2D eigenvalue weighted by Gasteiger charge is -2.21. The average Bonchev–Trinajstić information content (AvgIpc) is 3.62. The fraction of sp³-hybridized carbons (Fsp3) is 0.500. The number of hydrogen-bond acceptors (Lipinski definition) is 9. The van der Waals surface area contributed by atoms with Crippen LogP contribution < -0.4 is 10.6 Å². The van der Waals surface area contributed by atoms with E-state index in [1.165, 1.54) is 12.7 Å². The molecule has 5 atom stereocenters. The van der Waals surface area contributed by atoms with Gasteiger partial charge in [-0.15, -0.1) is 0 Å². The van der Waals surface area contributed by atoms with Gasteiger partial charge in [0, 0.05) is 12.1 Å². The van der Waals surface area contributed by atoms with Crippen molar-refractivity contribution >= 4 is 30.8 Å². The van der Waals surface area contributed by atoms with E-state index in [4.69, 9.17) is 18.7 Å². The highest BCUT2D eigenvalue weighted by Crippen LogP contribution is 2.46. The second kappa shape index (κ2) is 12.0. The Labute approximate surface area is 224 Å². The van der Waals surface area contributed by atoms with Crippen LogP contribution in [0.1, 0.15) is 50.7 Å². The summed E-state index contributed by atoms with van der Waals surface area (Å²) in [6.45, 7) is 2.26. The number of carbonyl (C=O) groups is 1. The highest BCUT2D eigenvalue weighted by Gasteiger charge is 2.54. The molecule has 3 aromatic rings. The van der Waals surface area contributed by atoms with E-state index >= 15 is 0 Å². The number of anilines is 1. The molecule has 5 rings (SSSR count). The molecule has 210 valence electrons. The average molecular weight is 563 g/mol. The van der Waals surface area contributed by atoms with Crippen LogP contribution in [0.15, 0.2) is 43.0 Å². The van der Waals surface area contributed by atoms with Crippen LogP contribution in [-0.4, -0.2) is 66.8 Å². The van der Waals surface area contributed by atoms with Gasteiger partial charge in [0.2, 0.25) is 0 Å². The molecule has 2 fully saturated rings. The third-order valence-electron chi connectivity index (χ3n) is 6.51. The maximum Gasteiger partial charge on any atom is 0.469 e. The molecule has 0 bridgehead atoms. The van der Waals surface area contributed by atoms with Crippen molar-refractivity contribution in [1.82, 2.24) is 24.8 Å². The van der Waals surface area contributed by atoms with Crippen molar-refractivity contribution in [3.05, 3.63) is 48.5 Å². The summed E-state index contributed by atoms with van der Waals surface area (Å²) < 4.78 is 36.2. The third kappa shape index (κ3) is 6.44. The van der Waals surface area contributed by atoms with E-state index in [1.54, 1.807) is 4.57 Å². The van der Waals surface area contributed by atoms with Crippen molar-refractivity contribution in [2.75, 3.05) is 18.5 Å². The number of nitrogens with one attached hydrogen (secondary N) is 2. The van der Waals surface area contributed by atoms with Crippen LogP contribution in [0.4, 0.5) is 10.6 Å². The normalized spacial score (nSPS) is 24.6. The van der Waals surface area contributed by atoms with Crippen molar-refractivity contribution in [2.24, 2.45) is 0 Å². The molecule has 2 saturated heterocycles. The lowest BCUT2D eigenvalue weighted by atomic mass is 10.1. The lowest BCUT2D eigenvalue weighted by Crippen LogP contribution is -2.31. The summed E-state index contributed by atoms with van der Waals surface area (Å²) in [6.07, 6.45) is 3.20. The Morgan fingerprint density at radius 2 is 1.87 bits per heavy atom. The highest BCUT2D eigenvalue weighted by atomic mass is 31.2. The molecule has 2 aromatic heterocycles. The van der Waals surface area contributed by atoms with Crippen molar-refractivity contribution < 1.29 is 37.9 Å². The molecule has 15 heteroatoms. The SMILES string of the molecule is CCCCCCNC(=O)Nc1ncnc2c1ncn2[C@@H]1O[C@H](COP(=O)(O)O)[C@@H]2OC(c3ccccc3)OC21. The lowest BCUT2D eigenvalue weighted by molar-refractivity contribution is -0.152. The molecule has 2 amide bonds. The van der Waals surface area contributed by atoms with Crippen molar-refractivity contribution in [2.45, 2.75) is 63.4 Å². The highest BCUT2D eigenvalue weighted by molar-refractivity contribution is 7.46. The molecule has 0 saturated carbocycles. The number of urea groups is 1. The van der Waals surface area contributed by atoms with Crippen molar-refractivity contribution in [3.63, 3.8) is 0 Å². The number of benzene rings is 1. The number of phosphoric acid groups is 1. The van der Waals surface area contributed by atoms with Crippen LogP contribution in [0, 0.1) is 0 Å². The van der Waals surface area contributed by atoms with Gasteiger partial charge in [-0.1, -0.05) is 56.5 Å². The molecular weight excluding hydrogens is 531 g/mol. The molecule has 2 aliphatic rings. The van der Waals surface area contributed by atoms with E-state index in [9.17, 15) is 19.1 Å². The molecule has 0 spiro atoms. The summed E-state index contributed by atoms with van der Waals surface area (Å²) in [5.74, 6) is 0.228. The number of amides is 2. The predicted octanol–water partition coefficient (Wildman–Crippen LogP) is 3.02. The standard InChI is InChI=1S/C24H31N6O8P/c1-2-3-4-8-11-25-24(31)29-20-17-21(27-13-26-20)30(14-28-17)22-19-18(16(36-22)12-35-39(32,33)34)37-23(38-19)15-9-6-5-7-10-15/h5-7,9-10,13-14,16,18-19,22-23H,2-4,8,11-12H2,1H3,(H2,32,33,34)(H2,25,26,27,29,31)/t16-,18+,19?,22-,23?/m1/s1. The molecule has 39 heavy (non-hydrogen) atoms. The number of ether oxygens (including phenoxy) is 3. The Bertz CT molecular complexity index is 1320. The molecule has 2 aliphatic heterocycles. The summed E-state index contributed by atoms with van der Waals surface area (Å²) in [4.78, 5) is 43.8. The van der Waals surface area contributed by atoms with Crippen molar-refractivity contribution in [3.8, 4) is 0 Å². The third-order valence-corrected chi connectivity index (χ3v) is 6.99. The summed E-state index contributed by atoms with van der Waals surface area (Å²) in [7, 11) is -4.74. The number of rotatable bonds is 11. The van der Waals surface area contributed by atoms with Gasteiger partial charge in [0.25, 0.3) is 0 Å². The number of phosphoric ester groups is 1. The van der Waals surface area contributed by atoms with E-state index in [1.807, 2.05) is 30.3 Å². The zero-order valence-corrected chi connectivity index (χ0v) is 22.1. The monoisotopic (exact) mass is 562 g/mol. The van der Waals surface area contributed by atoms with Crippen LogP contribution in [-0.2, 0) is 23.3 Å². The summed E-state index contributed by atoms with van der Waals surface area (Å²) in [5.41, 5.74) is 1.49. The van der Waals surface area contributed by atoms with Crippen LogP contribution in [0.5, 0.6) is 0 Å². The van der Waals surface area contributed by atoms with Crippen molar-refractivity contribution in [1.29, 1.82) is 0 Å². The largest absolute Gasteiger partial charge is 0.469 e. The summed E-state index contributed by atoms with van der Waals surface area (Å²) in [5, 5.41) is 5.54. The Kier molecular flexibility index (Phi) is 8.52. The number of carbonyl (C=O) groups excluding carboxylic acids is 1. The summed E-state index contributed by atoms with van der Waals surface area (Å²) >= 11 is 0. The number of fused-ring (bicyclic) bond motifs is 2. The molecule has 0 aliphatic carbocycles. The Balaban J connectivity index is 1.35. The molecule has 4 heterocycles. The fourth-order valence-electron chi connectivity index (χ4n) is 4.67. The van der Waals surface area contributed by atoms with Gasteiger partial charge >= 0.3 is 13.9 Å². The first-order valence-corrected chi connectivity index (χ1v) is 14.3. The van der Waals surface area contributed by atoms with Crippen LogP contribution in [0.3, 0.4) is 0 Å². The van der Waals surface area contributed by atoms with Gasteiger partial charge in [-0.2, -0.15) is 0 Å². The zero-order valence-electron chi connectivity index (χ0n) is 21.3. The molecule has 2 unspecified atom stereocenters. The predicted molar refractivity (Wildman–Crippen MR) is 137 cm³/mol. The number of imidazole rings is 1. The zero-order chi connectivity index (χ0) is 27.4. The minimum Gasteiger partial charge on any atom is -0.347 e. The van der Waals surface area contributed by atoms with Gasteiger partial charge in [0.15, 0.2) is 29.5 Å². The van der Waals surface area contributed by atoms with Crippen LogP contribution >= 0.6 is 7.82 Å². The van der Waals surface area contributed by atoms with Gasteiger partial charge in [-0.25, -0.2) is 24.3 Å². The summed E-state index contributed by atoms with van der Waals surface area (Å²) in [6, 6.07) is 8.90.